The van der Waals surface area contributed by atoms with Crippen LogP contribution in [-0.4, -0.2) is 29.6 Å². The number of hydrogen-bond donors (Lipinski definition) is 1. The van der Waals surface area contributed by atoms with Crippen LogP contribution in [0, 0.1) is 0 Å². The molecule has 1 unspecified atom stereocenters. The number of alkyl halides is 1. The molecule has 82 valence electrons. The van der Waals surface area contributed by atoms with Crippen LogP contribution in [-0.2, 0) is 9.09 Å². The van der Waals surface area contributed by atoms with Gasteiger partial charge in [0.25, 0.3) is 0 Å². The molecule has 4 nitrogen and oxygen atoms in total. The molecule has 0 radical (unpaired) electrons. The molecular formula is C7H18ClNO3P-. The third-order valence-corrected chi connectivity index (χ3v) is 2.60. The van der Waals surface area contributed by atoms with E-state index in [-0.39, 0.29) is 24.7 Å². The maximum Gasteiger partial charge on any atom is 0.329 e. The van der Waals surface area contributed by atoms with E-state index in [0.717, 1.165) is 0 Å². The van der Waals surface area contributed by atoms with E-state index in [0.29, 0.717) is 0 Å². The summed E-state index contributed by atoms with van der Waals surface area (Å²) in [4.78, 5) is 8.76. The second-order valence-electron chi connectivity index (χ2n) is 2.62. The van der Waals surface area contributed by atoms with Crippen LogP contribution in [0.1, 0.15) is 20.8 Å². The quantitative estimate of drug-likeness (QED) is 0.596. The standard InChI is InChI=1S/C4H10ClO3P.C3H8N/c1-2-8-9(6,7)4-3-5;1-3(2)4/h2-4H2,1H3,(H,6,7);3-4H,1-2H3/q;-1. The lowest BCUT2D eigenvalue weighted by Gasteiger charge is -2.06. The predicted molar refractivity (Wildman–Crippen MR) is 56.5 cm³/mol. The average molecular weight is 231 g/mol. The third-order valence-electron chi connectivity index (χ3n) is 0.698. The predicted octanol–water partition coefficient (Wildman–Crippen LogP) is 2.89. The summed E-state index contributed by atoms with van der Waals surface area (Å²) in [5.74, 6) is 0.160. The molecule has 13 heavy (non-hydrogen) atoms. The van der Waals surface area contributed by atoms with Crippen molar-refractivity contribution in [1.29, 1.82) is 0 Å². The molecule has 0 amide bonds. The normalized spacial score (nSPS) is 14.7. The van der Waals surface area contributed by atoms with Crippen molar-refractivity contribution in [3.05, 3.63) is 5.73 Å². The van der Waals surface area contributed by atoms with Gasteiger partial charge >= 0.3 is 7.60 Å². The lowest BCUT2D eigenvalue weighted by Crippen LogP contribution is -1.94. The van der Waals surface area contributed by atoms with E-state index in [4.69, 9.17) is 22.2 Å². The molecule has 0 aromatic rings. The Balaban J connectivity index is 0. The molecule has 2 N–H and O–H groups in total. The monoisotopic (exact) mass is 230 g/mol. The van der Waals surface area contributed by atoms with Crippen LogP contribution < -0.4 is 0 Å². The Hall–Kier alpha value is 0.400. The van der Waals surface area contributed by atoms with Gasteiger partial charge in [-0.2, -0.15) is 0 Å². The zero-order valence-electron chi connectivity index (χ0n) is 8.29. The van der Waals surface area contributed by atoms with E-state index in [1.54, 1.807) is 6.92 Å². The van der Waals surface area contributed by atoms with Crippen molar-refractivity contribution in [3.63, 3.8) is 0 Å². The molecule has 0 aromatic heterocycles. The number of nitrogens with one attached hydrogen (secondary N) is 1. The van der Waals surface area contributed by atoms with Crippen LogP contribution in [0.15, 0.2) is 0 Å². The molecule has 0 bridgehead atoms. The molecule has 0 aliphatic carbocycles. The van der Waals surface area contributed by atoms with E-state index >= 15 is 0 Å². The molecule has 6 heteroatoms. The van der Waals surface area contributed by atoms with Gasteiger partial charge in [0.2, 0.25) is 0 Å². The van der Waals surface area contributed by atoms with Crippen LogP contribution in [0.5, 0.6) is 0 Å². The van der Waals surface area contributed by atoms with Gasteiger partial charge in [0, 0.05) is 5.88 Å². The molecule has 0 fully saturated rings. The minimum atomic E-state index is -3.32. The Morgan fingerprint density at radius 3 is 2.23 bits per heavy atom. The number of hydrogen-bond acceptors (Lipinski definition) is 2. The highest BCUT2D eigenvalue weighted by Gasteiger charge is 2.15. The van der Waals surface area contributed by atoms with E-state index < -0.39 is 7.60 Å². The van der Waals surface area contributed by atoms with Crippen LogP contribution in [0.3, 0.4) is 0 Å². The topological polar surface area (TPSA) is 70.3 Å². The fourth-order valence-electron chi connectivity index (χ4n) is 0.373. The Labute approximate surface area is 84.9 Å². The summed E-state index contributed by atoms with van der Waals surface area (Å²) in [6.07, 6.45) is 0.0302. The first-order chi connectivity index (χ1) is 5.85. The number of halogens is 1. The van der Waals surface area contributed by atoms with Gasteiger partial charge in [-0.3, -0.25) is 4.57 Å². The minimum Gasteiger partial charge on any atom is -0.675 e. The molecule has 0 heterocycles. The molecule has 0 spiro atoms. The van der Waals surface area contributed by atoms with Crippen LogP contribution in [0.25, 0.3) is 5.73 Å². The highest BCUT2D eigenvalue weighted by Crippen LogP contribution is 2.41. The number of rotatable bonds is 4. The summed E-state index contributed by atoms with van der Waals surface area (Å²) < 4.78 is 15.2. The van der Waals surface area contributed by atoms with Gasteiger partial charge in [0.15, 0.2) is 0 Å². The van der Waals surface area contributed by atoms with Crippen molar-refractivity contribution < 1.29 is 14.0 Å². The van der Waals surface area contributed by atoms with Crippen LogP contribution in [0.2, 0.25) is 0 Å². The first-order valence-corrected chi connectivity index (χ1v) is 6.39. The van der Waals surface area contributed by atoms with Gasteiger partial charge in [0.1, 0.15) is 0 Å². The summed E-state index contributed by atoms with van der Waals surface area (Å²) >= 11 is 5.21. The SMILES string of the molecule is CC(C)[NH-].CCOP(=O)(O)CCCl. The zero-order valence-corrected chi connectivity index (χ0v) is 9.94. The summed E-state index contributed by atoms with van der Waals surface area (Å²) in [7, 11) is -3.32. The van der Waals surface area contributed by atoms with Crippen molar-refractivity contribution in [1.82, 2.24) is 0 Å². The molecule has 0 aromatic carbocycles. The lowest BCUT2D eigenvalue weighted by molar-refractivity contribution is 0.275. The van der Waals surface area contributed by atoms with Gasteiger partial charge in [-0.15, -0.1) is 17.6 Å². The zero-order chi connectivity index (χ0) is 10.9. The van der Waals surface area contributed by atoms with Crippen molar-refractivity contribution in [2.75, 3.05) is 18.6 Å². The first-order valence-electron chi connectivity index (χ1n) is 4.09. The van der Waals surface area contributed by atoms with Crippen LogP contribution in [0.4, 0.5) is 0 Å². The smallest absolute Gasteiger partial charge is 0.329 e. The molecule has 0 saturated heterocycles. The summed E-state index contributed by atoms with van der Waals surface area (Å²) in [5, 5.41) is 0. The lowest BCUT2D eigenvalue weighted by atomic mass is 10.5. The maximum absolute atomic E-state index is 10.7. The molecule has 0 rings (SSSR count). The third kappa shape index (κ3) is 19.0. The summed E-state index contributed by atoms with van der Waals surface area (Å²) in [5.41, 5.74) is 6.58. The van der Waals surface area contributed by atoms with Gasteiger partial charge in [0.05, 0.1) is 12.8 Å². The van der Waals surface area contributed by atoms with E-state index in [1.165, 1.54) is 0 Å². The Morgan fingerprint density at radius 2 is 2.00 bits per heavy atom. The Kier molecular flexibility index (Phi) is 10.9. The van der Waals surface area contributed by atoms with E-state index in [1.807, 2.05) is 13.8 Å². The summed E-state index contributed by atoms with van der Waals surface area (Å²) in [6, 6.07) is 0.0833. The van der Waals surface area contributed by atoms with Gasteiger partial charge < -0.3 is 15.2 Å². The molecular weight excluding hydrogens is 213 g/mol. The van der Waals surface area contributed by atoms with Gasteiger partial charge in [-0.25, -0.2) is 0 Å². The fraction of sp³-hybridized carbons (Fsp3) is 1.00. The minimum absolute atomic E-state index is 0.0302. The Morgan fingerprint density at radius 1 is 1.62 bits per heavy atom. The second kappa shape index (κ2) is 8.97. The molecule has 0 saturated carbocycles. The molecule has 0 aliphatic heterocycles. The second-order valence-corrected chi connectivity index (χ2v) is 4.98. The largest absolute Gasteiger partial charge is 0.675 e. The highest BCUT2D eigenvalue weighted by atomic mass is 35.5. The fourth-order valence-corrected chi connectivity index (χ4v) is 1.76. The van der Waals surface area contributed by atoms with E-state index in [9.17, 15) is 4.57 Å². The van der Waals surface area contributed by atoms with Crippen molar-refractivity contribution in [3.8, 4) is 0 Å². The molecule has 0 aliphatic rings. The van der Waals surface area contributed by atoms with Gasteiger partial charge in [-0.1, -0.05) is 13.8 Å². The van der Waals surface area contributed by atoms with Gasteiger partial charge in [-0.05, 0) is 6.92 Å². The van der Waals surface area contributed by atoms with Crippen molar-refractivity contribution >= 4 is 19.2 Å². The van der Waals surface area contributed by atoms with Crippen molar-refractivity contribution in [2.45, 2.75) is 26.8 Å². The highest BCUT2D eigenvalue weighted by molar-refractivity contribution is 7.52. The van der Waals surface area contributed by atoms with E-state index in [2.05, 4.69) is 4.52 Å². The maximum atomic E-state index is 10.7. The first kappa shape index (κ1) is 15.9. The Bertz CT molecular complexity index is 142. The summed E-state index contributed by atoms with van der Waals surface area (Å²) in [6.45, 7) is 5.59. The average Bonchev–Trinajstić information content (AvgIpc) is 1.84. The van der Waals surface area contributed by atoms with Crippen LogP contribution >= 0.6 is 19.2 Å². The van der Waals surface area contributed by atoms with Crippen molar-refractivity contribution in [2.24, 2.45) is 0 Å². The molecule has 1 atom stereocenters.